The first-order valence-electron chi connectivity index (χ1n) is 7.49. The Kier molecular flexibility index (Phi) is 5.50. The number of para-hydroxylation sites is 1. The number of hydrogen-bond donors (Lipinski definition) is 2. The number of hydrazine groups is 1. The summed E-state index contributed by atoms with van der Waals surface area (Å²) in [6.07, 6.45) is 1.66. The van der Waals surface area contributed by atoms with Crippen molar-refractivity contribution in [2.75, 3.05) is 5.75 Å². The highest BCUT2D eigenvalue weighted by atomic mass is 32.2. The number of nitrogens with zero attached hydrogens (tertiary/aromatic N) is 1. The Morgan fingerprint density at radius 2 is 1.85 bits per heavy atom. The molecule has 2 N–H and O–H groups in total. The first-order valence-corrected chi connectivity index (χ1v) is 9.96. The van der Waals surface area contributed by atoms with Crippen molar-refractivity contribution in [2.45, 2.75) is 9.79 Å². The second-order valence-corrected chi connectivity index (χ2v) is 7.87. The largest absolute Gasteiger partial charge is 0.277 e. The minimum absolute atomic E-state index is 0.0323. The monoisotopic (exact) mass is 391 g/mol. The number of amides is 1. The highest BCUT2D eigenvalue weighted by molar-refractivity contribution is 8.00. The Morgan fingerprint density at radius 3 is 2.65 bits per heavy atom. The first-order chi connectivity index (χ1) is 12.5. The molecule has 0 aliphatic rings. The number of benzene rings is 2. The third-order valence-electron chi connectivity index (χ3n) is 3.41. The van der Waals surface area contributed by atoms with E-state index in [1.807, 2.05) is 35.2 Å². The molecule has 3 aromatic rings. The average Bonchev–Trinajstić information content (AvgIpc) is 2.65. The lowest BCUT2D eigenvalue weighted by molar-refractivity contribution is -0.119. The molecule has 0 radical (unpaired) electrons. The van der Waals surface area contributed by atoms with Crippen LogP contribution in [0.25, 0.3) is 10.9 Å². The van der Waals surface area contributed by atoms with Gasteiger partial charge in [0.05, 0.1) is 11.3 Å². The quantitative estimate of drug-likeness (QED) is 0.498. The number of aromatic nitrogens is 1. The molecule has 26 heavy (non-hydrogen) atoms. The molecule has 0 unspecified atom stereocenters. The maximum atomic E-state index is 13.6. The lowest BCUT2D eigenvalue weighted by Gasteiger charge is -2.09. The van der Waals surface area contributed by atoms with Crippen molar-refractivity contribution in [3.63, 3.8) is 0 Å². The van der Waals surface area contributed by atoms with Gasteiger partial charge in [-0.05, 0) is 24.3 Å². The Labute approximate surface area is 153 Å². The maximum absolute atomic E-state index is 13.6. The number of halogens is 1. The zero-order valence-corrected chi connectivity index (χ0v) is 15.0. The van der Waals surface area contributed by atoms with E-state index in [9.17, 15) is 17.6 Å². The molecule has 6 nitrogen and oxygen atoms in total. The molecule has 2 aromatic carbocycles. The van der Waals surface area contributed by atoms with Crippen molar-refractivity contribution in [3.8, 4) is 0 Å². The van der Waals surface area contributed by atoms with Crippen LogP contribution < -0.4 is 10.3 Å². The van der Waals surface area contributed by atoms with E-state index in [0.717, 1.165) is 27.9 Å². The van der Waals surface area contributed by atoms with Gasteiger partial charge in [-0.25, -0.2) is 12.8 Å². The molecule has 1 amide bonds. The van der Waals surface area contributed by atoms with Crippen LogP contribution in [0.4, 0.5) is 4.39 Å². The second-order valence-electron chi connectivity index (χ2n) is 5.20. The number of sulfonamides is 1. The molecule has 0 spiro atoms. The smallest absolute Gasteiger partial charge is 0.260 e. The first kappa shape index (κ1) is 18.3. The predicted molar refractivity (Wildman–Crippen MR) is 97.3 cm³/mol. The summed E-state index contributed by atoms with van der Waals surface area (Å²) < 4.78 is 37.6. The van der Waals surface area contributed by atoms with Crippen LogP contribution in [0.2, 0.25) is 0 Å². The van der Waals surface area contributed by atoms with Crippen LogP contribution in [0.3, 0.4) is 0 Å². The molecule has 0 aliphatic carbocycles. The topological polar surface area (TPSA) is 88.2 Å². The van der Waals surface area contributed by atoms with Crippen LogP contribution >= 0.6 is 11.8 Å². The summed E-state index contributed by atoms with van der Waals surface area (Å²) in [4.78, 5) is 18.4. The van der Waals surface area contributed by atoms with Gasteiger partial charge in [-0.2, -0.15) is 0 Å². The van der Waals surface area contributed by atoms with Crippen molar-refractivity contribution >= 4 is 38.6 Å². The SMILES string of the molecule is O=C(CSc1cccc2cccnc12)NNS(=O)(=O)c1ccccc1F. The number of nitrogens with one attached hydrogen (secondary N) is 2. The Hall–Kier alpha value is -2.49. The van der Waals surface area contributed by atoms with Gasteiger partial charge in [0.1, 0.15) is 10.7 Å². The fourth-order valence-corrected chi connectivity index (χ4v) is 4.00. The van der Waals surface area contributed by atoms with Crippen LogP contribution in [-0.2, 0) is 14.8 Å². The summed E-state index contributed by atoms with van der Waals surface area (Å²) in [5.74, 6) is -1.50. The zero-order chi connectivity index (χ0) is 18.6. The molecular weight excluding hydrogens is 377 g/mol. The average molecular weight is 391 g/mol. The minimum Gasteiger partial charge on any atom is -0.277 e. The van der Waals surface area contributed by atoms with E-state index in [2.05, 4.69) is 10.4 Å². The molecule has 0 bridgehead atoms. The van der Waals surface area contributed by atoms with E-state index >= 15 is 0 Å². The van der Waals surface area contributed by atoms with Crippen molar-refractivity contribution in [2.24, 2.45) is 0 Å². The molecule has 0 saturated heterocycles. The minimum atomic E-state index is -4.18. The van der Waals surface area contributed by atoms with E-state index in [0.29, 0.717) is 0 Å². The van der Waals surface area contributed by atoms with E-state index in [4.69, 9.17) is 0 Å². The molecule has 0 atom stereocenters. The van der Waals surface area contributed by atoms with Gasteiger partial charge in [0, 0.05) is 16.5 Å². The summed E-state index contributed by atoms with van der Waals surface area (Å²) >= 11 is 1.22. The molecule has 0 saturated carbocycles. The number of thioether (sulfide) groups is 1. The van der Waals surface area contributed by atoms with Crippen LogP contribution in [0.15, 0.2) is 70.6 Å². The Morgan fingerprint density at radius 1 is 1.08 bits per heavy atom. The molecule has 0 fully saturated rings. The van der Waals surface area contributed by atoms with E-state index in [-0.39, 0.29) is 5.75 Å². The highest BCUT2D eigenvalue weighted by Crippen LogP contribution is 2.25. The lowest BCUT2D eigenvalue weighted by atomic mass is 10.2. The number of carbonyl (C=O) groups excluding carboxylic acids is 1. The number of rotatable bonds is 6. The van der Waals surface area contributed by atoms with Crippen molar-refractivity contribution < 1.29 is 17.6 Å². The lowest BCUT2D eigenvalue weighted by Crippen LogP contribution is -2.42. The summed E-state index contributed by atoms with van der Waals surface area (Å²) in [5, 5.41) is 0.943. The molecular formula is C17H14FN3O3S2. The van der Waals surface area contributed by atoms with Crippen molar-refractivity contribution in [3.05, 3.63) is 66.6 Å². The predicted octanol–water partition coefficient (Wildman–Crippen LogP) is 2.48. The van der Waals surface area contributed by atoms with Crippen molar-refractivity contribution in [1.29, 1.82) is 0 Å². The fraction of sp³-hybridized carbons (Fsp3) is 0.0588. The van der Waals surface area contributed by atoms with Crippen molar-refractivity contribution in [1.82, 2.24) is 15.2 Å². The van der Waals surface area contributed by atoms with Crippen LogP contribution in [-0.4, -0.2) is 25.1 Å². The summed E-state index contributed by atoms with van der Waals surface area (Å²) in [7, 11) is -4.18. The van der Waals surface area contributed by atoms with Gasteiger partial charge >= 0.3 is 0 Å². The van der Waals surface area contributed by atoms with Gasteiger partial charge in [0.15, 0.2) is 0 Å². The fourth-order valence-electron chi connectivity index (χ4n) is 2.21. The van der Waals surface area contributed by atoms with Crippen LogP contribution in [0.5, 0.6) is 0 Å². The number of fused-ring (bicyclic) bond motifs is 1. The standard InChI is InChI=1S/C17H14FN3O3S2/c18-13-7-1-2-9-15(13)26(23,24)21-20-16(22)11-25-14-8-3-5-12-6-4-10-19-17(12)14/h1-10,21H,11H2,(H,20,22). The Balaban J connectivity index is 1.62. The van der Waals surface area contributed by atoms with Crippen LogP contribution in [0, 0.1) is 5.82 Å². The molecule has 1 heterocycles. The summed E-state index contributed by atoms with van der Waals surface area (Å²) in [5.41, 5.74) is 2.85. The van der Waals surface area contributed by atoms with Gasteiger partial charge in [0.25, 0.3) is 10.0 Å². The van der Waals surface area contributed by atoms with Gasteiger partial charge in [-0.15, -0.1) is 16.6 Å². The van der Waals surface area contributed by atoms with Gasteiger partial charge in [0.2, 0.25) is 5.91 Å². The Bertz CT molecular complexity index is 1050. The molecule has 134 valence electrons. The molecule has 3 rings (SSSR count). The van der Waals surface area contributed by atoms with Gasteiger partial charge < -0.3 is 0 Å². The molecule has 0 aliphatic heterocycles. The zero-order valence-electron chi connectivity index (χ0n) is 13.3. The van der Waals surface area contributed by atoms with E-state index in [1.165, 1.54) is 23.9 Å². The second kappa shape index (κ2) is 7.81. The van der Waals surface area contributed by atoms with E-state index in [1.54, 1.807) is 6.20 Å². The van der Waals surface area contributed by atoms with Gasteiger partial charge in [-0.3, -0.25) is 15.2 Å². The molecule has 9 heteroatoms. The number of pyridine rings is 1. The third kappa shape index (κ3) is 4.18. The summed E-state index contributed by atoms with van der Waals surface area (Å²) in [6.45, 7) is 0. The van der Waals surface area contributed by atoms with Crippen LogP contribution in [0.1, 0.15) is 0 Å². The normalized spacial score (nSPS) is 11.4. The third-order valence-corrected chi connectivity index (χ3v) is 5.73. The highest BCUT2D eigenvalue weighted by Gasteiger charge is 2.19. The van der Waals surface area contributed by atoms with Gasteiger partial charge in [-0.1, -0.05) is 30.3 Å². The molecule has 1 aromatic heterocycles. The van der Waals surface area contributed by atoms with E-state index < -0.39 is 26.6 Å². The number of carbonyl (C=O) groups is 1. The summed E-state index contributed by atoms with van der Waals surface area (Å²) in [6, 6.07) is 14.2. The number of hydrogen-bond acceptors (Lipinski definition) is 5. The maximum Gasteiger partial charge on any atom is 0.260 e.